The zero-order valence-corrected chi connectivity index (χ0v) is 20.7. The monoisotopic (exact) mass is 412 g/mol. The Morgan fingerprint density at radius 1 is 1.00 bits per heavy atom. The molecule has 0 aliphatic heterocycles. The van der Waals surface area contributed by atoms with Crippen LogP contribution >= 0.6 is 0 Å². The van der Waals surface area contributed by atoms with E-state index in [4.69, 9.17) is 0 Å². The lowest BCUT2D eigenvalue weighted by Gasteiger charge is -2.59. The van der Waals surface area contributed by atoms with Crippen molar-refractivity contribution in [2.24, 2.45) is 52.3 Å². The molecule has 4 aliphatic carbocycles. The summed E-state index contributed by atoms with van der Waals surface area (Å²) in [5.74, 6) is 5.76. The van der Waals surface area contributed by atoms with Gasteiger partial charge in [0.1, 0.15) is 0 Å². The Balaban J connectivity index is 1.52. The number of rotatable bonds is 5. The van der Waals surface area contributed by atoms with Crippen LogP contribution in [0.1, 0.15) is 99.3 Å². The molecule has 30 heavy (non-hydrogen) atoms. The summed E-state index contributed by atoms with van der Waals surface area (Å²) in [5, 5.41) is 10.2. The summed E-state index contributed by atoms with van der Waals surface area (Å²) in [6.45, 7) is 14.8. The van der Waals surface area contributed by atoms with Crippen molar-refractivity contribution >= 4 is 0 Å². The predicted octanol–water partition coefficient (Wildman–Crippen LogP) is 7.80. The van der Waals surface area contributed by atoms with Crippen molar-refractivity contribution in [1.29, 1.82) is 0 Å². The number of aliphatic hydroxyl groups is 1. The Morgan fingerprint density at radius 3 is 2.47 bits per heavy atom. The summed E-state index contributed by atoms with van der Waals surface area (Å²) in [4.78, 5) is 0. The van der Waals surface area contributed by atoms with Gasteiger partial charge in [0.25, 0.3) is 0 Å². The van der Waals surface area contributed by atoms with Crippen molar-refractivity contribution in [2.75, 3.05) is 0 Å². The van der Waals surface area contributed by atoms with Crippen LogP contribution < -0.4 is 0 Å². The molecule has 170 valence electrons. The molecule has 1 heteroatoms. The quantitative estimate of drug-likeness (QED) is 0.457. The summed E-state index contributed by atoms with van der Waals surface area (Å²) in [5.41, 5.74) is 2.52. The second-order valence-corrected chi connectivity index (χ2v) is 12.4. The summed E-state index contributed by atoms with van der Waals surface area (Å²) in [6, 6.07) is 0. The summed E-state index contributed by atoms with van der Waals surface area (Å²) in [7, 11) is 0. The SMILES string of the molecule is CCC(C=CC(C)C1CCC2C3CCC4=CC(O)CCC4(C)C3CCC12C)C(C)C. The molecule has 9 unspecified atom stereocenters. The lowest BCUT2D eigenvalue weighted by Crippen LogP contribution is -2.51. The molecule has 0 heterocycles. The normalized spacial score (nSPS) is 45.6. The van der Waals surface area contributed by atoms with Gasteiger partial charge in [0.2, 0.25) is 0 Å². The first-order chi connectivity index (χ1) is 14.2. The van der Waals surface area contributed by atoms with E-state index in [9.17, 15) is 5.11 Å². The second-order valence-electron chi connectivity index (χ2n) is 12.4. The van der Waals surface area contributed by atoms with Crippen molar-refractivity contribution in [3.05, 3.63) is 23.8 Å². The highest BCUT2D eigenvalue weighted by molar-refractivity contribution is 5.25. The van der Waals surface area contributed by atoms with Gasteiger partial charge in [-0.15, -0.1) is 0 Å². The van der Waals surface area contributed by atoms with E-state index >= 15 is 0 Å². The van der Waals surface area contributed by atoms with Crippen LogP contribution in [0.4, 0.5) is 0 Å². The molecule has 0 aromatic carbocycles. The fraction of sp³-hybridized carbons (Fsp3) is 0.862. The van der Waals surface area contributed by atoms with Crippen LogP contribution in [0, 0.1) is 52.3 Å². The van der Waals surface area contributed by atoms with Crippen LogP contribution in [0.15, 0.2) is 23.8 Å². The maximum atomic E-state index is 10.2. The van der Waals surface area contributed by atoms with Gasteiger partial charge < -0.3 is 5.11 Å². The van der Waals surface area contributed by atoms with Crippen molar-refractivity contribution in [1.82, 2.24) is 0 Å². The van der Waals surface area contributed by atoms with Crippen molar-refractivity contribution < 1.29 is 5.11 Å². The Labute approximate surface area is 186 Å². The molecule has 0 bridgehead atoms. The Bertz CT molecular complexity index is 674. The number of hydrogen-bond donors (Lipinski definition) is 1. The third-order valence-electron chi connectivity index (χ3n) is 10.8. The van der Waals surface area contributed by atoms with E-state index in [0.717, 1.165) is 41.9 Å². The van der Waals surface area contributed by atoms with Gasteiger partial charge in [-0.3, -0.25) is 0 Å². The molecule has 9 atom stereocenters. The van der Waals surface area contributed by atoms with Crippen LogP contribution in [0.3, 0.4) is 0 Å². The highest BCUT2D eigenvalue weighted by Crippen LogP contribution is 2.67. The average molecular weight is 413 g/mol. The summed E-state index contributed by atoms with van der Waals surface area (Å²) >= 11 is 0. The highest BCUT2D eigenvalue weighted by Gasteiger charge is 2.59. The lowest BCUT2D eigenvalue weighted by molar-refractivity contribution is -0.0595. The topological polar surface area (TPSA) is 20.2 Å². The molecule has 4 aliphatic rings. The maximum absolute atomic E-state index is 10.2. The van der Waals surface area contributed by atoms with E-state index in [2.05, 4.69) is 59.8 Å². The maximum Gasteiger partial charge on any atom is 0.0724 e. The predicted molar refractivity (Wildman–Crippen MR) is 128 cm³/mol. The molecule has 3 saturated carbocycles. The van der Waals surface area contributed by atoms with Gasteiger partial charge in [0.15, 0.2) is 0 Å². The highest BCUT2D eigenvalue weighted by atomic mass is 16.3. The standard InChI is InChI=1S/C29H48O/c1-7-21(19(2)3)9-8-20(4)25-12-13-26-24-11-10-22-18-23(30)14-16-28(22,5)27(24)15-17-29(25,26)6/h8-9,18-21,23-27,30H,7,10-17H2,1-6H3. The first-order valence-corrected chi connectivity index (χ1v) is 13.3. The Hall–Kier alpha value is -0.560. The molecular formula is C29H48O. The van der Waals surface area contributed by atoms with Crippen LogP contribution in [-0.4, -0.2) is 11.2 Å². The van der Waals surface area contributed by atoms with E-state index in [1.165, 1.54) is 51.4 Å². The minimum Gasteiger partial charge on any atom is -0.389 e. The summed E-state index contributed by atoms with van der Waals surface area (Å²) < 4.78 is 0. The van der Waals surface area contributed by atoms with E-state index < -0.39 is 0 Å². The van der Waals surface area contributed by atoms with Gasteiger partial charge in [-0.1, -0.05) is 65.3 Å². The molecule has 0 saturated heterocycles. The van der Waals surface area contributed by atoms with Crippen molar-refractivity contribution in [3.8, 4) is 0 Å². The molecule has 0 radical (unpaired) electrons. The molecule has 4 rings (SSSR count). The van der Waals surface area contributed by atoms with Gasteiger partial charge in [-0.2, -0.15) is 0 Å². The molecule has 1 nitrogen and oxygen atoms in total. The lowest BCUT2D eigenvalue weighted by atomic mass is 9.46. The van der Waals surface area contributed by atoms with Gasteiger partial charge in [0.05, 0.1) is 6.10 Å². The van der Waals surface area contributed by atoms with Gasteiger partial charge in [-0.05, 0) is 110 Å². The van der Waals surface area contributed by atoms with E-state index in [1.807, 2.05) is 0 Å². The van der Waals surface area contributed by atoms with Gasteiger partial charge >= 0.3 is 0 Å². The molecule has 0 spiro atoms. The second kappa shape index (κ2) is 8.42. The molecule has 3 fully saturated rings. The van der Waals surface area contributed by atoms with Crippen LogP contribution in [0.2, 0.25) is 0 Å². The number of fused-ring (bicyclic) bond motifs is 5. The minimum absolute atomic E-state index is 0.181. The first kappa shape index (κ1) is 22.6. The fourth-order valence-electron chi connectivity index (χ4n) is 8.90. The number of hydrogen-bond acceptors (Lipinski definition) is 1. The van der Waals surface area contributed by atoms with E-state index in [0.29, 0.717) is 16.7 Å². The largest absolute Gasteiger partial charge is 0.389 e. The number of allylic oxidation sites excluding steroid dienone is 3. The van der Waals surface area contributed by atoms with Crippen LogP contribution in [0.5, 0.6) is 0 Å². The molecule has 0 aromatic heterocycles. The van der Waals surface area contributed by atoms with Crippen LogP contribution in [-0.2, 0) is 0 Å². The zero-order chi connectivity index (χ0) is 21.7. The van der Waals surface area contributed by atoms with Crippen molar-refractivity contribution in [3.63, 3.8) is 0 Å². The number of aliphatic hydroxyl groups excluding tert-OH is 1. The van der Waals surface area contributed by atoms with E-state index in [-0.39, 0.29) is 6.10 Å². The Kier molecular flexibility index (Phi) is 6.35. The van der Waals surface area contributed by atoms with Crippen molar-refractivity contribution in [2.45, 2.75) is 105 Å². The van der Waals surface area contributed by atoms with Crippen LogP contribution in [0.25, 0.3) is 0 Å². The Morgan fingerprint density at radius 2 is 1.77 bits per heavy atom. The molecule has 0 aromatic rings. The minimum atomic E-state index is -0.181. The van der Waals surface area contributed by atoms with Gasteiger partial charge in [0, 0.05) is 0 Å². The molecule has 0 amide bonds. The third-order valence-corrected chi connectivity index (χ3v) is 10.8. The average Bonchev–Trinajstić information content (AvgIpc) is 3.06. The fourth-order valence-corrected chi connectivity index (χ4v) is 8.90. The molecular weight excluding hydrogens is 364 g/mol. The zero-order valence-electron chi connectivity index (χ0n) is 20.7. The third kappa shape index (κ3) is 3.66. The van der Waals surface area contributed by atoms with Gasteiger partial charge in [-0.25, -0.2) is 0 Å². The molecule has 1 N–H and O–H groups in total. The first-order valence-electron chi connectivity index (χ1n) is 13.3. The smallest absolute Gasteiger partial charge is 0.0724 e. The van der Waals surface area contributed by atoms with E-state index in [1.54, 1.807) is 5.57 Å². The summed E-state index contributed by atoms with van der Waals surface area (Å²) in [6.07, 6.45) is 19.0.